The number of nitrogens with zero attached hydrogens (tertiary/aromatic N) is 2. The lowest BCUT2D eigenvalue weighted by Crippen LogP contribution is -2.52. The van der Waals surface area contributed by atoms with Gasteiger partial charge < -0.3 is 9.64 Å². The van der Waals surface area contributed by atoms with Crippen LogP contribution in [0.25, 0.3) is 0 Å². The van der Waals surface area contributed by atoms with Crippen molar-refractivity contribution in [3.63, 3.8) is 0 Å². The fourth-order valence-electron chi connectivity index (χ4n) is 3.41. The molecule has 0 radical (unpaired) electrons. The standard InChI is InChI=1S/C15H20N2O2/c1-11(15(18)19-2)16-9-14-8-13(16)10-17(14)12-6-4-3-5-7-12/h3-7,11,13-14H,8-10H2,1-2H3/t11?,13-,14-/m0/s1. The molecule has 102 valence electrons. The lowest BCUT2D eigenvalue weighted by atomic mass is 10.2. The number of carbonyl (C=O) groups is 1. The number of ether oxygens (including phenoxy) is 1. The summed E-state index contributed by atoms with van der Waals surface area (Å²) in [5, 5.41) is 0. The zero-order valence-corrected chi connectivity index (χ0v) is 11.5. The summed E-state index contributed by atoms with van der Waals surface area (Å²) >= 11 is 0. The van der Waals surface area contributed by atoms with Crippen molar-refractivity contribution in [2.75, 3.05) is 25.1 Å². The molecule has 1 unspecified atom stereocenters. The molecule has 2 fully saturated rings. The topological polar surface area (TPSA) is 32.8 Å². The number of hydrogen-bond donors (Lipinski definition) is 0. The van der Waals surface area contributed by atoms with Crippen LogP contribution in [-0.2, 0) is 9.53 Å². The van der Waals surface area contributed by atoms with Crippen LogP contribution in [0.3, 0.4) is 0 Å². The fourth-order valence-corrected chi connectivity index (χ4v) is 3.41. The zero-order chi connectivity index (χ0) is 13.4. The minimum absolute atomic E-state index is 0.126. The van der Waals surface area contributed by atoms with Gasteiger partial charge in [-0.1, -0.05) is 18.2 Å². The van der Waals surface area contributed by atoms with Gasteiger partial charge in [0.15, 0.2) is 0 Å². The summed E-state index contributed by atoms with van der Waals surface area (Å²) in [4.78, 5) is 16.4. The normalized spacial score (nSPS) is 27.6. The summed E-state index contributed by atoms with van der Waals surface area (Å²) in [6, 6.07) is 11.4. The number of benzene rings is 1. The van der Waals surface area contributed by atoms with E-state index < -0.39 is 0 Å². The third-order valence-electron chi connectivity index (χ3n) is 4.41. The van der Waals surface area contributed by atoms with Crippen molar-refractivity contribution in [2.24, 2.45) is 0 Å². The molecule has 3 rings (SSSR count). The molecule has 0 amide bonds. The van der Waals surface area contributed by atoms with E-state index in [-0.39, 0.29) is 12.0 Å². The molecule has 0 aromatic heterocycles. The van der Waals surface area contributed by atoms with Crippen molar-refractivity contribution in [1.29, 1.82) is 0 Å². The average molecular weight is 260 g/mol. The van der Waals surface area contributed by atoms with Gasteiger partial charge in [-0.05, 0) is 25.5 Å². The summed E-state index contributed by atoms with van der Waals surface area (Å²) in [5.41, 5.74) is 1.29. The minimum atomic E-state index is -0.127. The lowest BCUT2D eigenvalue weighted by Gasteiger charge is -2.37. The highest BCUT2D eigenvalue weighted by atomic mass is 16.5. The molecule has 2 heterocycles. The predicted molar refractivity (Wildman–Crippen MR) is 74.2 cm³/mol. The van der Waals surface area contributed by atoms with Gasteiger partial charge >= 0.3 is 5.97 Å². The Hall–Kier alpha value is -1.55. The van der Waals surface area contributed by atoms with Crippen LogP contribution in [-0.4, -0.2) is 49.2 Å². The predicted octanol–water partition coefficient (Wildman–Crippen LogP) is 1.51. The second kappa shape index (κ2) is 4.85. The van der Waals surface area contributed by atoms with Gasteiger partial charge in [0, 0.05) is 30.9 Å². The zero-order valence-electron chi connectivity index (χ0n) is 11.5. The maximum absolute atomic E-state index is 11.6. The summed E-state index contributed by atoms with van der Waals surface area (Å²) in [7, 11) is 1.46. The number of esters is 1. The van der Waals surface area contributed by atoms with E-state index in [1.54, 1.807) is 0 Å². The van der Waals surface area contributed by atoms with E-state index in [0.29, 0.717) is 12.1 Å². The Labute approximate surface area is 113 Å². The van der Waals surface area contributed by atoms with Crippen LogP contribution in [0.15, 0.2) is 30.3 Å². The molecule has 1 aromatic carbocycles. The third kappa shape index (κ3) is 2.10. The Balaban J connectivity index is 1.70. The third-order valence-corrected chi connectivity index (χ3v) is 4.41. The van der Waals surface area contributed by atoms with E-state index in [2.05, 4.69) is 34.1 Å². The van der Waals surface area contributed by atoms with Crippen LogP contribution in [0.4, 0.5) is 5.69 Å². The largest absolute Gasteiger partial charge is 0.468 e. The number of anilines is 1. The van der Waals surface area contributed by atoms with Crippen molar-refractivity contribution in [3.05, 3.63) is 30.3 Å². The van der Waals surface area contributed by atoms with Gasteiger partial charge in [-0.3, -0.25) is 9.69 Å². The van der Waals surface area contributed by atoms with E-state index in [9.17, 15) is 4.79 Å². The summed E-state index contributed by atoms with van der Waals surface area (Å²) < 4.78 is 4.85. The second-order valence-electron chi connectivity index (χ2n) is 5.43. The van der Waals surface area contributed by atoms with Gasteiger partial charge in [0.25, 0.3) is 0 Å². The van der Waals surface area contributed by atoms with Gasteiger partial charge in [0.2, 0.25) is 0 Å². The molecule has 2 bridgehead atoms. The average Bonchev–Trinajstić information content (AvgIpc) is 3.06. The second-order valence-corrected chi connectivity index (χ2v) is 5.43. The van der Waals surface area contributed by atoms with Gasteiger partial charge in [-0.2, -0.15) is 0 Å². The van der Waals surface area contributed by atoms with Gasteiger partial charge in [0.05, 0.1) is 7.11 Å². The molecule has 2 aliphatic rings. The SMILES string of the molecule is COC(=O)C(C)N1C[C@@H]2C[C@H]1CN2c1ccccc1. The number of likely N-dealkylation sites (tertiary alicyclic amines) is 1. The number of para-hydroxylation sites is 1. The quantitative estimate of drug-likeness (QED) is 0.771. The van der Waals surface area contributed by atoms with Gasteiger partial charge in [-0.25, -0.2) is 0 Å². The van der Waals surface area contributed by atoms with E-state index in [4.69, 9.17) is 4.74 Å². The van der Waals surface area contributed by atoms with Crippen molar-refractivity contribution in [2.45, 2.75) is 31.5 Å². The number of fused-ring (bicyclic) bond motifs is 2. The Bertz CT molecular complexity index is 462. The number of hydrogen-bond acceptors (Lipinski definition) is 4. The van der Waals surface area contributed by atoms with Crippen LogP contribution in [0, 0.1) is 0 Å². The van der Waals surface area contributed by atoms with E-state index >= 15 is 0 Å². The number of piperazine rings is 1. The molecule has 4 nitrogen and oxygen atoms in total. The molecule has 0 saturated carbocycles. The first-order valence-corrected chi connectivity index (χ1v) is 6.86. The highest BCUT2D eigenvalue weighted by Gasteiger charge is 2.46. The Kier molecular flexibility index (Phi) is 3.19. The van der Waals surface area contributed by atoms with Crippen LogP contribution in [0.2, 0.25) is 0 Å². The van der Waals surface area contributed by atoms with Crippen molar-refractivity contribution in [3.8, 4) is 0 Å². The molecular weight excluding hydrogens is 240 g/mol. The molecule has 0 aliphatic carbocycles. The maximum Gasteiger partial charge on any atom is 0.322 e. The first kappa shape index (κ1) is 12.5. The van der Waals surface area contributed by atoms with Crippen LogP contribution in [0.1, 0.15) is 13.3 Å². The maximum atomic E-state index is 11.6. The first-order valence-electron chi connectivity index (χ1n) is 6.86. The molecule has 4 heteroatoms. The fraction of sp³-hybridized carbons (Fsp3) is 0.533. The lowest BCUT2D eigenvalue weighted by molar-refractivity contribution is -0.146. The molecule has 2 saturated heterocycles. The molecule has 3 atom stereocenters. The van der Waals surface area contributed by atoms with Gasteiger partial charge in [0.1, 0.15) is 6.04 Å². The smallest absolute Gasteiger partial charge is 0.322 e. The summed E-state index contributed by atoms with van der Waals surface area (Å²) in [5.74, 6) is -0.126. The number of methoxy groups -OCH3 is 1. The molecule has 2 aliphatic heterocycles. The summed E-state index contributed by atoms with van der Waals surface area (Å²) in [6.07, 6.45) is 1.15. The van der Waals surface area contributed by atoms with Crippen molar-refractivity contribution < 1.29 is 9.53 Å². The monoisotopic (exact) mass is 260 g/mol. The Morgan fingerprint density at radius 1 is 1.26 bits per heavy atom. The van der Waals surface area contributed by atoms with Crippen LogP contribution in [0.5, 0.6) is 0 Å². The van der Waals surface area contributed by atoms with Gasteiger partial charge in [-0.15, -0.1) is 0 Å². The first-order chi connectivity index (χ1) is 9.20. The van der Waals surface area contributed by atoms with Crippen molar-refractivity contribution in [1.82, 2.24) is 4.90 Å². The van der Waals surface area contributed by atoms with Crippen molar-refractivity contribution >= 4 is 11.7 Å². The van der Waals surface area contributed by atoms with E-state index in [0.717, 1.165) is 19.5 Å². The van der Waals surface area contributed by atoms with E-state index in [1.165, 1.54) is 12.8 Å². The van der Waals surface area contributed by atoms with Crippen LogP contribution < -0.4 is 4.90 Å². The summed E-state index contributed by atoms with van der Waals surface area (Å²) in [6.45, 7) is 3.91. The van der Waals surface area contributed by atoms with Crippen LogP contribution >= 0.6 is 0 Å². The highest BCUT2D eigenvalue weighted by Crippen LogP contribution is 2.35. The Morgan fingerprint density at radius 3 is 2.58 bits per heavy atom. The minimum Gasteiger partial charge on any atom is -0.468 e. The number of rotatable bonds is 3. The molecule has 1 aromatic rings. The highest BCUT2D eigenvalue weighted by molar-refractivity contribution is 5.75. The Morgan fingerprint density at radius 2 is 2.00 bits per heavy atom. The number of carbonyl (C=O) groups excluding carboxylic acids is 1. The molecule has 19 heavy (non-hydrogen) atoms. The van der Waals surface area contributed by atoms with E-state index in [1.807, 2.05) is 13.0 Å². The molecular formula is C15H20N2O2. The molecule has 0 spiro atoms. The molecule has 0 N–H and O–H groups in total.